The fraction of sp³-hybridized carbons (Fsp3) is 0.400. The number of nitrogens with zero attached hydrogens (tertiary/aromatic N) is 3. The van der Waals surface area contributed by atoms with Crippen molar-refractivity contribution in [2.24, 2.45) is 5.92 Å². The first-order valence-corrected chi connectivity index (χ1v) is 11.4. The SMILES string of the molecule is COc1ccc(N2CC(C(=O)N(C)CC(=O)Nc3ccc(N4CCOCC4)cc3)CC2=O)cc1. The Morgan fingerprint density at radius 2 is 1.71 bits per heavy atom. The van der Waals surface area contributed by atoms with Crippen LogP contribution in [0.3, 0.4) is 0 Å². The zero-order chi connectivity index (χ0) is 24.1. The first-order valence-electron chi connectivity index (χ1n) is 11.4. The van der Waals surface area contributed by atoms with E-state index in [1.165, 1.54) is 4.90 Å². The van der Waals surface area contributed by atoms with Gasteiger partial charge in [-0.3, -0.25) is 14.4 Å². The third kappa shape index (κ3) is 5.48. The zero-order valence-electron chi connectivity index (χ0n) is 19.5. The van der Waals surface area contributed by atoms with E-state index in [1.54, 1.807) is 43.3 Å². The molecule has 0 aliphatic carbocycles. The van der Waals surface area contributed by atoms with Gasteiger partial charge in [-0.05, 0) is 48.5 Å². The van der Waals surface area contributed by atoms with Gasteiger partial charge in [-0.15, -0.1) is 0 Å². The molecule has 0 radical (unpaired) electrons. The van der Waals surface area contributed by atoms with Crippen LogP contribution in [0.25, 0.3) is 0 Å². The van der Waals surface area contributed by atoms with E-state index >= 15 is 0 Å². The average molecular weight is 467 g/mol. The minimum absolute atomic E-state index is 0.0860. The van der Waals surface area contributed by atoms with Crippen LogP contribution in [0, 0.1) is 5.92 Å². The summed E-state index contributed by atoms with van der Waals surface area (Å²) in [7, 11) is 3.17. The van der Waals surface area contributed by atoms with Crippen molar-refractivity contribution in [2.45, 2.75) is 6.42 Å². The Kier molecular flexibility index (Phi) is 7.32. The van der Waals surface area contributed by atoms with Gasteiger partial charge in [0, 0.05) is 50.2 Å². The number of carbonyl (C=O) groups is 3. The summed E-state index contributed by atoms with van der Waals surface area (Å²) in [6.45, 7) is 3.32. The molecule has 180 valence electrons. The molecule has 0 saturated carbocycles. The van der Waals surface area contributed by atoms with Crippen LogP contribution >= 0.6 is 0 Å². The van der Waals surface area contributed by atoms with Crippen molar-refractivity contribution >= 4 is 34.8 Å². The summed E-state index contributed by atoms with van der Waals surface area (Å²) in [4.78, 5) is 43.2. The lowest BCUT2D eigenvalue weighted by Crippen LogP contribution is -2.39. The summed E-state index contributed by atoms with van der Waals surface area (Å²) in [5.41, 5.74) is 2.48. The van der Waals surface area contributed by atoms with E-state index in [4.69, 9.17) is 9.47 Å². The number of rotatable bonds is 7. The molecule has 1 atom stereocenters. The number of anilines is 3. The number of ether oxygens (including phenoxy) is 2. The summed E-state index contributed by atoms with van der Waals surface area (Å²) in [6, 6.07) is 14.8. The Morgan fingerprint density at radius 1 is 1.06 bits per heavy atom. The van der Waals surface area contributed by atoms with Gasteiger partial charge >= 0.3 is 0 Å². The maximum atomic E-state index is 12.9. The van der Waals surface area contributed by atoms with Crippen LogP contribution in [0.2, 0.25) is 0 Å². The van der Waals surface area contributed by atoms with E-state index in [2.05, 4.69) is 10.2 Å². The first kappa shape index (κ1) is 23.6. The van der Waals surface area contributed by atoms with E-state index in [0.29, 0.717) is 31.2 Å². The highest BCUT2D eigenvalue weighted by molar-refractivity contribution is 6.01. The van der Waals surface area contributed by atoms with Crippen LogP contribution in [-0.2, 0) is 19.1 Å². The second-order valence-corrected chi connectivity index (χ2v) is 8.49. The van der Waals surface area contributed by atoms with Gasteiger partial charge in [-0.25, -0.2) is 0 Å². The van der Waals surface area contributed by atoms with Gasteiger partial charge in [0.15, 0.2) is 0 Å². The maximum absolute atomic E-state index is 12.9. The second-order valence-electron chi connectivity index (χ2n) is 8.49. The summed E-state index contributed by atoms with van der Waals surface area (Å²) in [6.07, 6.45) is 0.125. The molecular weight excluding hydrogens is 436 g/mol. The molecule has 1 unspecified atom stereocenters. The van der Waals surface area contributed by atoms with Crippen LogP contribution in [0.4, 0.5) is 17.1 Å². The second kappa shape index (κ2) is 10.6. The molecule has 0 aromatic heterocycles. The highest BCUT2D eigenvalue weighted by Gasteiger charge is 2.36. The number of benzene rings is 2. The Hall–Kier alpha value is -3.59. The number of carbonyl (C=O) groups excluding carboxylic acids is 3. The molecule has 3 amide bonds. The molecule has 2 aliphatic heterocycles. The van der Waals surface area contributed by atoms with Crippen molar-refractivity contribution in [1.29, 1.82) is 0 Å². The normalized spacial score (nSPS) is 18.1. The predicted octanol–water partition coefficient (Wildman–Crippen LogP) is 1.98. The highest BCUT2D eigenvalue weighted by atomic mass is 16.5. The lowest BCUT2D eigenvalue weighted by molar-refractivity contribution is -0.137. The topological polar surface area (TPSA) is 91.4 Å². The molecule has 2 aliphatic rings. The van der Waals surface area contributed by atoms with Crippen molar-refractivity contribution < 1.29 is 23.9 Å². The van der Waals surface area contributed by atoms with Crippen molar-refractivity contribution in [1.82, 2.24) is 4.90 Å². The number of hydrogen-bond acceptors (Lipinski definition) is 6. The molecule has 2 saturated heterocycles. The standard InChI is InChI=1S/C25H30N4O5/c1-27(17-23(30)26-19-3-5-20(6-4-19)28-11-13-34-14-12-28)25(32)18-15-24(31)29(16-18)21-7-9-22(33-2)10-8-21/h3-10,18H,11-17H2,1-2H3,(H,26,30). The minimum Gasteiger partial charge on any atom is -0.497 e. The smallest absolute Gasteiger partial charge is 0.243 e. The third-order valence-corrected chi connectivity index (χ3v) is 6.14. The number of nitrogens with one attached hydrogen (secondary N) is 1. The van der Waals surface area contributed by atoms with Crippen molar-refractivity contribution in [3.8, 4) is 5.75 Å². The fourth-order valence-corrected chi connectivity index (χ4v) is 4.27. The van der Waals surface area contributed by atoms with Gasteiger partial charge in [0.2, 0.25) is 17.7 Å². The van der Waals surface area contributed by atoms with E-state index in [-0.39, 0.29) is 30.7 Å². The first-order chi connectivity index (χ1) is 16.4. The Labute approximate surface area is 199 Å². The van der Waals surface area contributed by atoms with Crippen molar-refractivity contribution in [3.05, 3.63) is 48.5 Å². The van der Waals surface area contributed by atoms with E-state index in [1.807, 2.05) is 24.3 Å². The van der Waals surface area contributed by atoms with Crippen molar-refractivity contribution in [2.75, 3.05) is 68.7 Å². The highest BCUT2D eigenvalue weighted by Crippen LogP contribution is 2.27. The third-order valence-electron chi connectivity index (χ3n) is 6.14. The van der Waals surface area contributed by atoms with Crippen LogP contribution in [0.15, 0.2) is 48.5 Å². The van der Waals surface area contributed by atoms with Gasteiger partial charge in [-0.1, -0.05) is 0 Å². The number of amides is 3. The largest absolute Gasteiger partial charge is 0.497 e. The lowest BCUT2D eigenvalue weighted by atomic mass is 10.1. The van der Waals surface area contributed by atoms with Gasteiger partial charge in [0.05, 0.1) is 32.8 Å². The quantitative estimate of drug-likeness (QED) is 0.671. The Morgan fingerprint density at radius 3 is 2.35 bits per heavy atom. The molecule has 2 aromatic rings. The molecular formula is C25H30N4O5. The van der Waals surface area contributed by atoms with Gasteiger partial charge in [-0.2, -0.15) is 0 Å². The summed E-state index contributed by atoms with van der Waals surface area (Å²) in [5, 5.41) is 2.84. The summed E-state index contributed by atoms with van der Waals surface area (Å²) in [5.74, 6) is -0.403. The van der Waals surface area contributed by atoms with E-state index < -0.39 is 5.92 Å². The Bertz CT molecular complexity index is 1020. The molecule has 2 fully saturated rings. The van der Waals surface area contributed by atoms with E-state index in [9.17, 15) is 14.4 Å². The van der Waals surface area contributed by atoms with Crippen LogP contribution in [0.1, 0.15) is 6.42 Å². The molecule has 9 heteroatoms. The van der Waals surface area contributed by atoms with Crippen LogP contribution < -0.4 is 19.9 Å². The number of likely N-dealkylation sites (N-methyl/N-ethyl adjacent to an activating group) is 1. The van der Waals surface area contributed by atoms with Gasteiger partial charge in [0.1, 0.15) is 5.75 Å². The lowest BCUT2D eigenvalue weighted by Gasteiger charge is -2.29. The predicted molar refractivity (Wildman–Crippen MR) is 129 cm³/mol. The molecule has 2 heterocycles. The molecule has 0 bridgehead atoms. The molecule has 34 heavy (non-hydrogen) atoms. The molecule has 2 aromatic carbocycles. The number of hydrogen-bond donors (Lipinski definition) is 1. The molecule has 4 rings (SSSR count). The minimum atomic E-state index is -0.486. The van der Waals surface area contributed by atoms with Crippen LogP contribution in [-0.4, -0.2) is 76.2 Å². The average Bonchev–Trinajstić information content (AvgIpc) is 3.26. The van der Waals surface area contributed by atoms with Gasteiger partial charge < -0.3 is 29.5 Å². The summed E-state index contributed by atoms with van der Waals surface area (Å²) < 4.78 is 10.5. The number of morpholine rings is 1. The van der Waals surface area contributed by atoms with Crippen LogP contribution in [0.5, 0.6) is 5.75 Å². The van der Waals surface area contributed by atoms with Crippen molar-refractivity contribution in [3.63, 3.8) is 0 Å². The maximum Gasteiger partial charge on any atom is 0.243 e. The monoisotopic (exact) mass is 466 g/mol. The number of methoxy groups -OCH3 is 1. The molecule has 0 spiro atoms. The molecule has 9 nitrogen and oxygen atoms in total. The zero-order valence-corrected chi connectivity index (χ0v) is 19.5. The summed E-state index contributed by atoms with van der Waals surface area (Å²) >= 11 is 0. The molecule has 1 N–H and O–H groups in total. The van der Waals surface area contributed by atoms with E-state index in [0.717, 1.165) is 24.5 Å². The fourth-order valence-electron chi connectivity index (χ4n) is 4.27. The Balaban J connectivity index is 1.29. The van der Waals surface area contributed by atoms with Gasteiger partial charge in [0.25, 0.3) is 0 Å².